The van der Waals surface area contributed by atoms with E-state index in [1.165, 1.54) is 0 Å². The first-order valence-electron chi connectivity index (χ1n) is 8.43. The lowest BCUT2D eigenvalue weighted by Gasteiger charge is -2.55. The van der Waals surface area contributed by atoms with Crippen molar-refractivity contribution in [2.75, 3.05) is 0 Å². The van der Waals surface area contributed by atoms with E-state index in [1.807, 2.05) is 6.92 Å². The highest BCUT2D eigenvalue weighted by Gasteiger charge is 2.59. The van der Waals surface area contributed by atoms with Gasteiger partial charge in [0.25, 0.3) is 0 Å². The van der Waals surface area contributed by atoms with Gasteiger partial charge < -0.3 is 9.53 Å². The lowest BCUT2D eigenvalue weighted by molar-refractivity contribution is -0.128. The van der Waals surface area contributed by atoms with Crippen molar-refractivity contribution in [3.05, 3.63) is 11.6 Å². The fraction of sp³-hybridized carbons (Fsp3) is 0.778. The van der Waals surface area contributed by atoms with E-state index in [2.05, 4.69) is 39.9 Å². The summed E-state index contributed by atoms with van der Waals surface area (Å²) in [5.74, 6) is -0.237. The molecule has 1 N–H and O–H groups in total. The first-order chi connectivity index (χ1) is 10.4. The third-order valence-corrected chi connectivity index (χ3v) is 10.7. The first-order valence-corrected chi connectivity index (χ1v) is 11.3. The van der Waals surface area contributed by atoms with Gasteiger partial charge in [-0.15, -0.1) is 0 Å². The highest BCUT2D eigenvalue weighted by molar-refractivity contribution is 6.74. The number of nitrogens with zero attached hydrogens (tertiary/aromatic N) is 1. The Morgan fingerprint density at radius 3 is 2.57 bits per heavy atom. The summed E-state index contributed by atoms with van der Waals surface area (Å²) in [6, 6.07) is 2.47. The summed E-state index contributed by atoms with van der Waals surface area (Å²) in [5.41, 5.74) is -0.579. The molecule has 1 fully saturated rings. The average Bonchev–Trinajstić information content (AvgIpc) is 2.40. The van der Waals surface area contributed by atoms with Gasteiger partial charge in [0, 0.05) is 5.41 Å². The standard InChI is InChI=1S/C18H29NO3Si/c1-16(2,3)23(5,6)22-18(12-19)9-7-8-13-10-14(20)15(21)11-17(13,18)4/h10,15,21H,7-9,11H2,1-6H3/t15?,17-,18+/m0/s1. The number of rotatable bonds is 2. The van der Waals surface area contributed by atoms with E-state index in [9.17, 15) is 15.2 Å². The van der Waals surface area contributed by atoms with Crippen LogP contribution in [0.5, 0.6) is 0 Å². The molecular weight excluding hydrogens is 306 g/mol. The molecule has 4 nitrogen and oxygen atoms in total. The highest BCUT2D eigenvalue weighted by atomic mass is 28.4. The summed E-state index contributed by atoms with van der Waals surface area (Å²) >= 11 is 0. The Hall–Kier alpha value is -0.963. The number of carbonyl (C=O) groups is 1. The van der Waals surface area contributed by atoms with Crippen molar-refractivity contribution >= 4 is 14.1 Å². The molecule has 128 valence electrons. The van der Waals surface area contributed by atoms with Crippen molar-refractivity contribution in [2.45, 2.75) is 83.2 Å². The summed E-state index contributed by atoms with van der Waals surface area (Å²) in [6.07, 6.45) is 3.11. The molecule has 2 aliphatic carbocycles. The van der Waals surface area contributed by atoms with Crippen LogP contribution in [0.4, 0.5) is 0 Å². The quantitative estimate of drug-likeness (QED) is 0.781. The molecule has 0 radical (unpaired) electrons. The molecule has 0 amide bonds. The highest BCUT2D eigenvalue weighted by Crippen LogP contribution is 2.56. The Labute approximate surface area is 140 Å². The van der Waals surface area contributed by atoms with Gasteiger partial charge in [-0.2, -0.15) is 5.26 Å². The summed E-state index contributed by atoms with van der Waals surface area (Å²) < 4.78 is 6.65. The van der Waals surface area contributed by atoms with E-state index in [1.54, 1.807) is 6.08 Å². The van der Waals surface area contributed by atoms with Crippen LogP contribution in [0.2, 0.25) is 18.1 Å². The molecule has 2 aliphatic rings. The van der Waals surface area contributed by atoms with Crippen LogP contribution in [0.1, 0.15) is 53.4 Å². The van der Waals surface area contributed by atoms with Crippen LogP contribution in [0.15, 0.2) is 11.6 Å². The number of aliphatic hydroxyl groups is 1. The first kappa shape index (κ1) is 18.4. The second kappa shape index (κ2) is 5.54. The van der Waals surface area contributed by atoms with Gasteiger partial charge in [0.1, 0.15) is 6.10 Å². The number of fused-ring (bicyclic) bond motifs is 1. The molecule has 1 unspecified atom stereocenters. The van der Waals surface area contributed by atoms with Crippen LogP contribution in [0.25, 0.3) is 0 Å². The van der Waals surface area contributed by atoms with Gasteiger partial charge in [-0.1, -0.05) is 33.3 Å². The SMILES string of the molecule is CC(C)(C)[Si](C)(C)O[C@@]1(C#N)CCCC2=CC(=O)C(O)C[C@@]21C. The van der Waals surface area contributed by atoms with Gasteiger partial charge >= 0.3 is 0 Å². The van der Waals surface area contributed by atoms with Crippen LogP contribution in [-0.2, 0) is 9.22 Å². The predicted molar refractivity (Wildman–Crippen MR) is 92.3 cm³/mol. The molecule has 0 aromatic heterocycles. The van der Waals surface area contributed by atoms with E-state index in [4.69, 9.17) is 4.43 Å². The Balaban J connectivity index is 2.51. The molecular formula is C18H29NO3Si. The number of ketones is 1. The van der Waals surface area contributed by atoms with Crippen molar-refractivity contribution in [1.82, 2.24) is 0 Å². The van der Waals surface area contributed by atoms with Crippen LogP contribution in [0, 0.1) is 16.7 Å². The minimum Gasteiger partial charge on any atom is -0.398 e. The van der Waals surface area contributed by atoms with E-state index in [0.29, 0.717) is 6.42 Å². The van der Waals surface area contributed by atoms with E-state index in [0.717, 1.165) is 18.4 Å². The molecule has 0 aromatic rings. The zero-order chi connectivity index (χ0) is 17.7. The van der Waals surface area contributed by atoms with E-state index >= 15 is 0 Å². The maximum Gasteiger partial charge on any atom is 0.194 e. The van der Waals surface area contributed by atoms with Gasteiger partial charge in [-0.3, -0.25) is 4.79 Å². The molecule has 1 saturated carbocycles. The van der Waals surface area contributed by atoms with Crippen LogP contribution in [-0.4, -0.2) is 30.9 Å². The average molecular weight is 336 g/mol. The topological polar surface area (TPSA) is 70.3 Å². The lowest BCUT2D eigenvalue weighted by Crippen LogP contribution is -2.60. The Bertz CT molecular complexity index is 584. The van der Waals surface area contributed by atoms with Crippen molar-refractivity contribution in [2.24, 2.45) is 5.41 Å². The molecule has 2 rings (SSSR count). The molecule has 0 bridgehead atoms. The van der Waals surface area contributed by atoms with E-state index in [-0.39, 0.29) is 17.2 Å². The minimum absolute atomic E-state index is 0.00234. The molecule has 0 aromatic carbocycles. The number of carbonyl (C=O) groups excluding carboxylic acids is 1. The zero-order valence-corrected chi connectivity index (χ0v) is 16.2. The van der Waals surface area contributed by atoms with Gasteiger partial charge in [-0.25, -0.2) is 0 Å². The maximum atomic E-state index is 11.9. The van der Waals surface area contributed by atoms with Crippen LogP contribution >= 0.6 is 0 Å². The van der Waals surface area contributed by atoms with Crippen LogP contribution < -0.4 is 0 Å². The summed E-state index contributed by atoms with van der Waals surface area (Å²) in [5, 5.41) is 20.2. The maximum absolute atomic E-state index is 11.9. The zero-order valence-electron chi connectivity index (χ0n) is 15.2. The number of hydrogen-bond acceptors (Lipinski definition) is 4. The third kappa shape index (κ3) is 2.82. The molecule has 0 saturated heterocycles. The fourth-order valence-corrected chi connectivity index (χ4v) is 5.13. The van der Waals surface area contributed by atoms with Gasteiger partial charge in [-0.05, 0) is 49.9 Å². The molecule has 3 atom stereocenters. The van der Waals surface area contributed by atoms with Crippen LogP contribution in [0.3, 0.4) is 0 Å². The smallest absolute Gasteiger partial charge is 0.194 e. The minimum atomic E-state index is -2.16. The summed E-state index contributed by atoms with van der Waals surface area (Å²) in [4.78, 5) is 11.9. The second-order valence-electron chi connectivity index (χ2n) is 8.78. The largest absolute Gasteiger partial charge is 0.398 e. The fourth-order valence-electron chi connectivity index (χ4n) is 3.58. The lowest BCUT2D eigenvalue weighted by atomic mass is 9.57. The Morgan fingerprint density at radius 1 is 1.43 bits per heavy atom. The van der Waals surface area contributed by atoms with Crippen molar-refractivity contribution < 1.29 is 14.3 Å². The molecule has 0 spiro atoms. The van der Waals surface area contributed by atoms with Crippen molar-refractivity contribution in [3.8, 4) is 6.07 Å². The second-order valence-corrected chi connectivity index (χ2v) is 13.5. The number of aliphatic hydroxyl groups excluding tert-OH is 1. The Kier molecular flexibility index (Phi) is 4.43. The molecule has 0 aliphatic heterocycles. The Morgan fingerprint density at radius 2 is 2.04 bits per heavy atom. The molecule has 0 heterocycles. The number of nitriles is 1. The molecule has 23 heavy (non-hydrogen) atoms. The predicted octanol–water partition coefficient (Wildman–Crippen LogP) is 3.72. The van der Waals surface area contributed by atoms with Gasteiger partial charge in [0.05, 0.1) is 6.07 Å². The van der Waals surface area contributed by atoms with Crippen molar-refractivity contribution in [3.63, 3.8) is 0 Å². The van der Waals surface area contributed by atoms with Crippen molar-refractivity contribution in [1.29, 1.82) is 5.26 Å². The van der Waals surface area contributed by atoms with Gasteiger partial charge in [0.15, 0.2) is 19.7 Å². The summed E-state index contributed by atoms with van der Waals surface area (Å²) in [7, 11) is -2.16. The van der Waals surface area contributed by atoms with Gasteiger partial charge in [0.2, 0.25) is 0 Å². The normalized spacial score (nSPS) is 35.3. The van der Waals surface area contributed by atoms with E-state index < -0.39 is 25.4 Å². The third-order valence-electron chi connectivity index (χ3n) is 6.24. The monoisotopic (exact) mass is 335 g/mol. The molecule has 5 heteroatoms. The summed E-state index contributed by atoms with van der Waals surface area (Å²) in [6.45, 7) is 12.8. The number of hydrogen-bond donors (Lipinski definition) is 1.